The number of carbonyl (C=O) groups excluding carboxylic acids is 1. The first-order valence-electron chi connectivity index (χ1n) is 7.42. The van der Waals surface area contributed by atoms with Gasteiger partial charge in [0.1, 0.15) is 0 Å². The standard InChI is InChI=1S/C16H25N3O/c1-12(2)19-9-7-15(8-10-19)18-11-13-3-5-14(6-4-13)16(17)20/h3-6,12,15,18H,7-11H2,1-2H3,(H2,17,20). The van der Waals surface area contributed by atoms with Gasteiger partial charge in [0.15, 0.2) is 0 Å². The van der Waals surface area contributed by atoms with Gasteiger partial charge in [-0.05, 0) is 57.5 Å². The van der Waals surface area contributed by atoms with Gasteiger partial charge in [-0.2, -0.15) is 0 Å². The van der Waals surface area contributed by atoms with Crippen molar-refractivity contribution in [1.82, 2.24) is 10.2 Å². The van der Waals surface area contributed by atoms with E-state index in [2.05, 4.69) is 24.1 Å². The summed E-state index contributed by atoms with van der Waals surface area (Å²) in [6, 6.07) is 8.77. The van der Waals surface area contributed by atoms with E-state index < -0.39 is 0 Å². The van der Waals surface area contributed by atoms with Crippen molar-refractivity contribution in [2.45, 2.75) is 45.3 Å². The molecule has 1 heterocycles. The molecule has 2 rings (SSSR count). The summed E-state index contributed by atoms with van der Waals surface area (Å²) in [5.41, 5.74) is 7.00. The molecule has 1 saturated heterocycles. The van der Waals surface area contributed by atoms with Crippen molar-refractivity contribution < 1.29 is 4.79 Å². The van der Waals surface area contributed by atoms with E-state index in [9.17, 15) is 4.79 Å². The summed E-state index contributed by atoms with van der Waals surface area (Å²) in [7, 11) is 0. The number of hydrogen-bond acceptors (Lipinski definition) is 3. The Kier molecular flexibility index (Phi) is 5.15. The molecule has 1 amide bonds. The SMILES string of the molecule is CC(C)N1CCC(NCc2ccc(C(N)=O)cc2)CC1. The quantitative estimate of drug-likeness (QED) is 0.860. The molecular formula is C16H25N3O. The lowest BCUT2D eigenvalue weighted by Crippen LogP contribution is -2.44. The van der Waals surface area contributed by atoms with E-state index in [4.69, 9.17) is 5.73 Å². The first kappa shape index (κ1) is 15.0. The lowest BCUT2D eigenvalue weighted by Gasteiger charge is -2.35. The van der Waals surface area contributed by atoms with Crippen LogP contribution in [-0.2, 0) is 6.54 Å². The van der Waals surface area contributed by atoms with Gasteiger partial charge in [0.25, 0.3) is 0 Å². The van der Waals surface area contributed by atoms with Crippen LogP contribution in [0.2, 0.25) is 0 Å². The third-order valence-electron chi connectivity index (χ3n) is 4.09. The Bertz CT molecular complexity index is 434. The number of rotatable bonds is 5. The highest BCUT2D eigenvalue weighted by Crippen LogP contribution is 2.13. The van der Waals surface area contributed by atoms with Crippen LogP contribution in [0.5, 0.6) is 0 Å². The van der Waals surface area contributed by atoms with Gasteiger partial charge in [-0.25, -0.2) is 0 Å². The van der Waals surface area contributed by atoms with E-state index in [0.717, 1.165) is 6.54 Å². The molecule has 110 valence electrons. The second-order valence-corrected chi connectivity index (χ2v) is 5.85. The van der Waals surface area contributed by atoms with Gasteiger partial charge in [0.05, 0.1) is 0 Å². The Hall–Kier alpha value is -1.39. The zero-order valence-corrected chi connectivity index (χ0v) is 12.4. The van der Waals surface area contributed by atoms with Crippen molar-refractivity contribution >= 4 is 5.91 Å². The summed E-state index contributed by atoms with van der Waals surface area (Å²) >= 11 is 0. The maximum absolute atomic E-state index is 11.0. The average Bonchev–Trinajstić information content (AvgIpc) is 2.46. The second kappa shape index (κ2) is 6.86. The maximum Gasteiger partial charge on any atom is 0.248 e. The molecule has 0 aliphatic carbocycles. The third kappa shape index (κ3) is 4.05. The van der Waals surface area contributed by atoms with Crippen molar-refractivity contribution in [3.63, 3.8) is 0 Å². The predicted octanol–water partition coefficient (Wildman–Crippen LogP) is 1.75. The Morgan fingerprint density at radius 3 is 2.40 bits per heavy atom. The molecule has 3 N–H and O–H groups in total. The Morgan fingerprint density at radius 2 is 1.90 bits per heavy atom. The van der Waals surface area contributed by atoms with Crippen LogP contribution in [0.1, 0.15) is 42.6 Å². The molecule has 0 spiro atoms. The van der Waals surface area contributed by atoms with E-state index in [1.807, 2.05) is 12.1 Å². The van der Waals surface area contributed by atoms with E-state index in [1.165, 1.54) is 31.5 Å². The van der Waals surface area contributed by atoms with Gasteiger partial charge in [-0.15, -0.1) is 0 Å². The molecule has 4 nitrogen and oxygen atoms in total. The monoisotopic (exact) mass is 275 g/mol. The molecule has 1 aliphatic heterocycles. The number of likely N-dealkylation sites (tertiary alicyclic amines) is 1. The van der Waals surface area contributed by atoms with Crippen LogP contribution in [0.15, 0.2) is 24.3 Å². The van der Waals surface area contributed by atoms with Crippen LogP contribution in [0, 0.1) is 0 Å². The Labute approximate surface area is 121 Å². The third-order valence-corrected chi connectivity index (χ3v) is 4.09. The van der Waals surface area contributed by atoms with Crippen LogP contribution in [-0.4, -0.2) is 36.0 Å². The lowest BCUT2D eigenvalue weighted by molar-refractivity contribution is 0.100. The van der Waals surface area contributed by atoms with E-state index in [-0.39, 0.29) is 5.91 Å². The Balaban J connectivity index is 1.77. The molecule has 0 radical (unpaired) electrons. The van der Waals surface area contributed by atoms with E-state index >= 15 is 0 Å². The van der Waals surface area contributed by atoms with E-state index in [0.29, 0.717) is 17.6 Å². The summed E-state index contributed by atoms with van der Waals surface area (Å²) in [4.78, 5) is 13.5. The van der Waals surface area contributed by atoms with Crippen molar-refractivity contribution in [3.05, 3.63) is 35.4 Å². The molecular weight excluding hydrogens is 250 g/mol. The number of benzene rings is 1. The molecule has 20 heavy (non-hydrogen) atoms. The van der Waals surface area contributed by atoms with Crippen molar-refractivity contribution in [1.29, 1.82) is 0 Å². The number of hydrogen-bond donors (Lipinski definition) is 2. The van der Waals surface area contributed by atoms with E-state index in [1.54, 1.807) is 12.1 Å². The minimum Gasteiger partial charge on any atom is -0.366 e. The minimum atomic E-state index is -0.370. The summed E-state index contributed by atoms with van der Waals surface area (Å²) in [5.74, 6) is -0.370. The first-order valence-corrected chi connectivity index (χ1v) is 7.42. The second-order valence-electron chi connectivity index (χ2n) is 5.85. The molecule has 0 unspecified atom stereocenters. The molecule has 1 aromatic carbocycles. The molecule has 1 aromatic rings. The van der Waals surface area contributed by atoms with Crippen molar-refractivity contribution in [2.75, 3.05) is 13.1 Å². The van der Waals surface area contributed by atoms with Crippen LogP contribution in [0.25, 0.3) is 0 Å². The highest BCUT2D eigenvalue weighted by molar-refractivity contribution is 5.92. The summed E-state index contributed by atoms with van der Waals surface area (Å²) in [5, 5.41) is 3.60. The summed E-state index contributed by atoms with van der Waals surface area (Å²) in [6.07, 6.45) is 2.41. The summed E-state index contributed by atoms with van der Waals surface area (Å²) < 4.78 is 0. The zero-order chi connectivity index (χ0) is 14.5. The van der Waals surface area contributed by atoms with Crippen molar-refractivity contribution in [2.24, 2.45) is 5.73 Å². The first-order chi connectivity index (χ1) is 9.56. The highest BCUT2D eigenvalue weighted by atomic mass is 16.1. The highest BCUT2D eigenvalue weighted by Gasteiger charge is 2.20. The Morgan fingerprint density at radius 1 is 1.30 bits per heavy atom. The fourth-order valence-electron chi connectivity index (χ4n) is 2.67. The minimum absolute atomic E-state index is 0.370. The topological polar surface area (TPSA) is 58.4 Å². The van der Waals surface area contributed by atoms with Gasteiger partial charge in [0, 0.05) is 24.2 Å². The largest absolute Gasteiger partial charge is 0.366 e. The van der Waals surface area contributed by atoms with Crippen LogP contribution < -0.4 is 11.1 Å². The predicted molar refractivity (Wildman–Crippen MR) is 81.5 cm³/mol. The number of amides is 1. The van der Waals surface area contributed by atoms with Gasteiger partial charge in [-0.3, -0.25) is 4.79 Å². The summed E-state index contributed by atoms with van der Waals surface area (Å²) in [6.45, 7) is 7.72. The lowest BCUT2D eigenvalue weighted by atomic mass is 10.0. The number of nitrogens with two attached hydrogens (primary N) is 1. The average molecular weight is 275 g/mol. The van der Waals surface area contributed by atoms with Gasteiger partial charge >= 0.3 is 0 Å². The van der Waals surface area contributed by atoms with Crippen LogP contribution >= 0.6 is 0 Å². The number of carbonyl (C=O) groups is 1. The molecule has 0 aromatic heterocycles. The normalized spacial score (nSPS) is 17.6. The molecule has 1 fully saturated rings. The fourth-order valence-corrected chi connectivity index (χ4v) is 2.67. The zero-order valence-electron chi connectivity index (χ0n) is 12.4. The number of piperidine rings is 1. The molecule has 1 aliphatic rings. The van der Waals surface area contributed by atoms with Crippen LogP contribution in [0.3, 0.4) is 0 Å². The molecule has 0 atom stereocenters. The number of primary amides is 1. The molecule has 0 saturated carbocycles. The molecule has 4 heteroatoms. The number of nitrogens with zero attached hydrogens (tertiary/aromatic N) is 1. The van der Waals surface area contributed by atoms with Gasteiger partial charge < -0.3 is 16.0 Å². The number of nitrogens with one attached hydrogen (secondary N) is 1. The van der Waals surface area contributed by atoms with Crippen molar-refractivity contribution in [3.8, 4) is 0 Å². The maximum atomic E-state index is 11.0. The fraction of sp³-hybridized carbons (Fsp3) is 0.562. The van der Waals surface area contributed by atoms with Crippen LogP contribution in [0.4, 0.5) is 0 Å². The van der Waals surface area contributed by atoms with Gasteiger partial charge in [-0.1, -0.05) is 12.1 Å². The molecule has 0 bridgehead atoms. The smallest absolute Gasteiger partial charge is 0.248 e. The van der Waals surface area contributed by atoms with Gasteiger partial charge in [0.2, 0.25) is 5.91 Å².